The number of ether oxygens (including phenoxy) is 2. The lowest BCUT2D eigenvalue weighted by molar-refractivity contribution is -0.384. The van der Waals surface area contributed by atoms with Crippen LogP contribution in [-0.2, 0) is 0 Å². The van der Waals surface area contributed by atoms with Gasteiger partial charge in [0, 0.05) is 35.4 Å². The van der Waals surface area contributed by atoms with Crippen molar-refractivity contribution in [1.29, 1.82) is 0 Å². The van der Waals surface area contributed by atoms with Crippen molar-refractivity contribution in [2.75, 3.05) is 12.0 Å². The number of thiocarbonyl (C=S) groups is 1. The maximum absolute atomic E-state index is 11.6. The highest BCUT2D eigenvalue weighted by molar-refractivity contribution is 7.80. The van der Waals surface area contributed by atoms with Gasteiger partial charge in [-0.2, -0.15) is 0 Å². The van der Waals surface area contributed by atoms with E-state index in [4.69, 9.17) is 21.7 Å². The second kappa shape index (κ2) is 11.6. The van der Waals surface area contributed by atoms with Crippen LogP contribution in [0.3, 0.4) is 0 Å². The second-order valence-electron chi connectivity index (χ2n) is 10.2. The number of methoxy groups -OCH3 is 1. The van der Waals surface area contributed by atoms with E-state index in [2.05, 4.69) is 21.3 Å². The van der Waals surface area contributed by atoms with Crippen LogP contribution in [0.15, 0.2) is 103 Å². The summed E-state index contributed by atoms with van der Waals surface area (Å²) in [6.45, 7) is 3.98. The smallest absolute Gasteiger partial charge is 0.271 e. The highest BCUT2D eigenvalue weighted by atomic mass is 32.1. The Hall–Kier alpha value is -5.22. The number of para-hydroxylation sites is 1. The summed E-state index contributed by atoms with van der Waals surface area (Å²) in [5.41, 5.74) is 5.12. The predicted octanol–water partition coefficient (Wildman–Crippen LogP) is 7.38. The Morgan fingerprint density at radius 2 is 1.65 bits per heavy atom. The number of rotatable bonds is 8. The number of hydrogen-bond donors (Lipinski definition) is 1. The highest BCUT2D eigenvalue weighted by Gasteiger charge is 2.42. The Morgan fingerprint density at radius 1 is 0.930 bits per heavy atom. The molecule has 2 aromatic heterocycles. The molecule has 0 radical (unpaired) electrons. The van der Waals surface area contributed by atoms with Gasteiger partial charge in [0.25, 0.3) is 5.69 Å². The van der Waals surface area contributed by atoms with Crippen LogP contribution in [0.4, 0.5) is 11.4 Å². The molecule has 0 amide bonds. The first-order chi connectivity index (χ1) is 20.9. The standard InChI is InChI=1S/C33H29N5O4S/c1-21-19-27(22(2)36(21)29-20-24(38(39)40)14-17-30(29)41-3)32-31(28-11-7-8-18-34-28)35-33(43)37(32)23-12-15-26(16-13-23)42-25-9-5-4-6-10-25/h4-20,31-32H,1-3H3,(H,35,43)/t31-,32+/m1/s1. The number of aryl methyl sites for hydroxylation is 1. The quantitative estimate of drug-likeness (QED) is 0.114. The molecule has 216 valence electrons. The number of hydrogen-bond acceptors (Lipinski definition) is 6. The molecule has 0 spiro atoms. The SMILES string of the molecule is COc1ccc([N+](=O)[O-])cc1-n1c(C)cc([C@H]2[C@@H](c3ccccn3)NC(=S)N2c2ccc(Oc3ccccc3)cc2)c1C. The molecule has 0 aliphatic carbocycles. The van der Waals surface area contributed by atoms with Gasteiger partial charge in [-0.05, 0) is 92.3 Å². The topological polar surface area (TPSA) is 94.7 Å². The minimum Gasteiger partial charge on any atom is -0.495 e. The molecule has 0 saturated carbocycles. The summed E-state index contributed by atoms with van der Waals surface area (Å²) in [6, 6.07) is 29.5. The number of nitro groups is 1. The summed E-state index contributed by atoms with van der Waals surface area (Å²) in [4.78, 5) is 18.0. The van der Waals surface area contributed by atoms with E-state index in [0.29, 0.717) is 22.3 Å². The Labute approximate surface area is 254 Å². The van der Waals surface area contributed by atoms with Gasteiger partial charge in [0.1, 0.15) is 17.2 Å². The number of non-ortho nitro benzene ring substituents is 1. The Bertz CT molecular complexity index is 1790. The van der Waals surface area contributed by atoms with Gasteiger partial charge in [-0.1, -0.05) is 24.3 Å². The minimum atomic E-state index is -0.401. The first-order valence-corrected chi connectivity index (χ1v) is 14.1. The fourth-order valence-electron chi connectivity index (χ4n) is 5.67. The van der Waals surface area contributed by atoms with Crippen molar-refractivity contribution in [3.8, 4) is 22.9 Å². The third kappa shape index (κ3) is 5.28. The molecule has 0 unspecified atom stereocenters. The fraction of sp³-hybridized carbons (Fsp3) is 0.152. The largest absolute Gasteiger partial charge is 0.495 e. The number of anilines is 1. The molecule has 9 nitrogen and oxygen atoms in total. The van der Waals surface area contributed by atoms with Crippen molar-refractivity contribution < 1.29 is 14.4 Å². The Kier molecular flexibility index (Phi) is 7.52. The van der Waals surface area contributed by atoms with Crippen molar-refractivity contribution >= 4 is 28.7 Å². The average Bonchev–Trinajstić information content (AvgIpc) is 3.52. The van der Waals surface area contributed by atoms with Crippen molar-refractivity contribution in [3.05, 3.63) is 136 Å². The average molecular weight is 592 g/mol. The number of nitro benzene ring substituents is 1. The number of benzene rings is 3. The van der Waals surface area contributed by atoms with E-state index in [9.17, 15) is 10.1 Å². The number of pyridine rings is 1. The molecule has 1 aliphatic heterocycles. The van der Waals surface area contributed by atoms with Crippen molar-refractivity contribution in [3.63, 3.8) is 0 Å². The Morgan fingerprint density at radius 3 is 2.33 bits per heavy atom. The van der Waals surface area contributed by atoms with Crippen molar-refractivity contribution in [1.82, 2.24) is 14.9 Å². The zero-order valence-electron chi connectivity index (χ0n) is 23.8. The van der Waals surface area contributed by atoms with Gasteiger partial charge in [0.15, 0.2) is 5.11 Å². The van der Waals surface area contributed by atoms with Crippen LogP contribution in [-0.4, -0.2) is 26.7 Å². The normalized spacial score (nSPS) is 16.2. The summed E-state index contributed by atoms with van der Waals surface area (Å²) >= 11 is 5.93. The molecule has 6 rings (SSSR count). The molecule has 1 saturated heterocycles. The maximum Gasteiger partial charge on any atom is 0.271 e. The number of aromatic nitrogens is 2. The van der Waals surface area contributed by atoms with Crippen LogP contribution >= 0.6 is 12.2 Å². The van der Waals surface area contributed by atoms with Crippen LogP contribution in [0, 0.1) is 24.0 Å². The molecule has 43 heavy (non-hydrogen) atoms. The minimum absolute atomic E-state index is 0.0145. The van der Waals surface area contributed by atoms with Crippen LogP contribution < -0.4 is 19.7 Å². The van der Waals surface area contributed by atoms with Gasteiger partial charge in [0.2, 0.25) is 0 Å². The van der Waals surface area contributed by atoms with Gasteiger partial charge < -0.3 is 24.3 Å². The lowest BCUT2D eigenvalue weighted by atomic mass is 9.96. The van der Waals surface area contributed by atoms with Gasteiger partial charge in [-0.3, -0.25) is 15.1 Å². The predicted molar refractivity (Wildman–Crippen MR) is 169 cm³/mol. The molecule has 5 aromatic rings. The van der Waals surface area contributed by atoms with Crippen LogP contribution in [0.2, 0.25) is 0 Å². The Balaban J connectivity index is 1.45. The van der Waals surface area contributed by atoms with Gasteiger partial charge >= 0.3 is 0 Å². The molecule has 3 aromatic carbocycles. The third-order valence-electron chi connectivity index (χ3n) is 7.59. The monoisotopic (exact) mass is 591 g/mol. The van der Waals surface area contributed by atoms with E-state index in [1.54, 1.807) is 25.4 Å². The third-order valence-corrected chi connectivity index (χ3v) is 7.91. The first-order valence-electron chi connectivity index (χ1n) is 13.7. The molecule has 3 heterocycles. The van der Waals surface area contributed by atoms with E-state index in [0.717, 1.165) is 34.1 Å². The van der Waals surface area contributed by atoms with E-state index < -0.39 is 4.92 Å². The lowest BCUT2D eigenvalue weighted by Gasteiger charge is -2.28. The van der Waals surface area contributed by atoms with Crippen molar-refractivity contribution in [2.24, 2.45) is 0 Å². The van der Waals surface area contributed by atoms with Crippen LogP contribution in [0.25, 0.3) is 5.69 Å². The van der Waals surface area contributed by atoms with E-state index >= 15 is 0 Å². The highest BCUT2D eigenvalue weighted by Crippen LogP contribution is 2.44. The molecule has 0 bridgehead atoms. The zero-order valence-corrected chi connectivity index (χ0v) is 24.6. The number of nitrogens with zero attached hydrogens (tertiary/aromatic N) is 4. The van der Waals surface area contributed by atoms with E-state index in [1.165, 1.54) is 6.07 Å². The summed E-state index contributed by atoms with van der Waals surface area (Å²) in [7, 11) is 1.56. The fourth-order valence-corrected chi connectivity index (χ4v) is 6.02. The lowest BCUT2D eigenvalue weighted by Crippen LogP contribution is -2.29. The molecule has 1 aliphatic rings. The van der Waals surface area contributed by atoms with Crippen LogP contribution in [0.1, 0.15) is 34.7 Å². The summed E-state index contributed by atoms with van der Waals surface area (Å²) in [6.07, 6.45) is 1.77. The molecule has 2 atom stereocenters. The first kappa shape index (κ1) is 27.9. The van der Waals surface area contributed by atoms with Gasteiger partial charge in [0.05, 0.1) is 35.5 Å². The van der Waals surface area contributed by atoms with E-state index in [-0.39, 0.29) is 17.8 Å². The van der Waals surface area contributed by atoms with Crippen LogP contribution in [0.5, 0.6) is 17.2 Å². The molecular weight excluding hydrogens is 562 g/mol. The molecule has 10 heteroatoms. The summed E-state index contributed by atoms with van der Waals surface area (Å²) < 4.78 is 13.6. The molecule has 1 N–H and O–H groups in total. The van der Waals surface area contributed by atoms with E-state index in [1.807, 2.05) is 91.2 Å². The van der Waals surface area contributed by atoms with Crippen molar-refractivity contribution in [2.45, 2.75) is 25.9 Å². The number of nitrogens with one attached hydrogen (secondary N) is 1. The van der Waals surface area contributed by atoms with Gasteiger partial charge in [-0.15, -0.1) is 0 Å². The maximum atomic E-state index is 11.6. The molecular formula is C33H29N5O4S. The van der Waals surface area contributed by atoms with Gasteiger partial charge in [-0.25, -0.2) is 0 Å². The molecule has 1 fully saturated rings. The summed E-state index contributed by atoms with van der Waals surface area (Å²) in [5, 5.41) is 15.7. The summed E-state index contributed by atoms with van der Waals surface area (Å²) in [5.74, 6) is 2.00. The zero-order chi connectivity index (χ0) is 30.1. The second-order valence-corrected chi connectivity index (χ2v) is 10.6.